The first-order valence-corrected chi connectivity index (χ1v) is 11.4. The lowest BCUT2D eigenvalue weighted by Crippen LogP contribution is -2.44. The lowest BCUT2D eigenvalue weighted by Gasteiger charge is -2.31. The monoisotopic (exact) mass is 478 g/mol. The number of hydrogen-bond donors (Lipinski definition) is 1. The summed E-state index contributed by atoms with van der Waals surface area (Å²) in [6, 6.07) is 4.94. The predicted molar refractivity (Wildman–Crippen MR) is 129 cm³/mol. The number of carbonyl (C=O) groups excluding carboxylic acids is 1. The predicted octanol–water partition coefficient (Wildman–Crippen LogP) is 0.459. The average molecular weight is 479 g/mol. The van der Waals surface area contributed by atoms with Crippen molar-refractivity contribution < 1.29 is 14.3 Å². The Kier molecular flexibility index (Phi) is 5.82. The van der Waals surface area contributed by atoms with Crippen LogP contribution in [0.1, 0.15) is 30.1 Å². The van der Waals surface area contributed by atoms with Gasteiger partial charge in [0.25, 0.3) is 5.56 Å². The minimum Gasteiger partial charge on any atom is -0.454 e. The number of nitrogens with zero attached hydrogens (tertiary/aromatic N) is 5. The van der Waals surface area contributed by atoms with E-state index in [4.69, 9.17) is 15.2 Å². The molecule has 0 bridgehead atoms. The second-order valence-corrected chi connectivity index (χ2v) is 8.64. The molecule has 1 saturated heterocycles. The zero-order valence-electron chi connectivity index (χ0n) is 19.6. The number of benzene rings is 1. The van der Waals surface area contributed by atoms with Gasteiger partial charge in [0.15, 0.2) is 28.4 Å². The Morgan fingerprint density at radius 2 is 2.09 bits per heavy atom. The zero-order valence-corrected chi connectivity index (χ0v) is 19.6. The summed E-state index contributed by atoms with van der Waals surface area (Å²) in [5.41, 5.74) is 5.66. The van der Waals surface area contributed by atoms with Crippen LogP contribution in [0.25, 0.3) is 11.2 Å². The number of imidazole rings is 1. The van der Waals surface area contributed by atoms with Crippen molar-refractivity contribution >= 4 is 22.9 Å². The van der Waals surface area contributed by atoms with Crippen LogP contribution in [-0.4, -0.2) is 50.4 Å². The SMILES string of the molecule is CC#CCn1c(N2CCC[C@H](N)C2)nc2c1c(=O)n(CC(=O)c1cccc3c1OCO3)c(=O)n2C. The molecule has 1 atom stereocenters. The maximum absolute atomic E-state index is 13.6. The van der Waals surface area contributed by atoms with Crippen molar-refractivity contribution in [2.45, 2.75) is 38.9 Å². The van der Waals surface area contributed by atoms with Crippen molar-refractivity contribution in [1.82, 2.24) is 18.7 Å². The third-order valence-corrected chi connectivity index (χ3v) is 6.37. The smallest absolute Gasteiger partial charge is 0.332 e. The molecule has 11 nitrogen and oxygen atoms in total. The van der Waals surface area contributed by atoms with Crippen LogP contribution >= 0.6 is 0 Å². The number of para-hydroxylation sites is 1. The van der Waals surface area contributed by atoms with E-state index in [1.165, 1.54) is 11.6 Å². The van der Waals surface area contributed by atoms with Crippen LogP contribution in [0.4, 0.5) is 5.95 Å². The molecule has 0 amide bonds. The number of fused-ring (bicyclic) bond motifs is 2. The number of ketones is 1. The van der Waals surface area contributed by atoms with Crippen LogP contribution < -0.4 is 31.4 Å². The first-order chi connectivity index (χ1) is 16.9. The number of carbonyl (C=O) groups is 1. The molecule has 2 aliphatic rings. The summed E-state index contributed by atoms with van der Waals surface area (Å²) in [6.45, 7) is 2.81. The van der Waals surface area contributed by atoms with Gasteiger partial charge in [-0.3, -0.25) is 23.3 Å². The summed E-state index contributed by atoms with van der Waals surface area (Å²) in [4.78, 5) is 46.7. The molecule has 2 aromatic heterocycles. The summed E-state index contributed by atoms with van der Waals surface area (Å²) in [7, 11) is 1.54. The highest BCUT2D eigenvalue weighted by atomic mass is 16.7. The van der Waals surface area contributed by atoms with Gasteiger partial charge in [0.05, 0.1) is 18.7 Å². The molecular formula is C24H26N6O5. The van der Waals surface area contributed by atoms with Crippen molar-refractivity contribution in [3.8, 4) is 23.3 Å². The molecule has 0 unspecified atom stereocenters. The van der Waals surface area contributed by atoms with Gasteiger partial charge < -0.3 is 20.1 Å². The van der Waals surface area contributed by atoms with Crippen molar-refractivity contribution in [3.63, 3.8) is 0 Å². The fourth-order valence-corrected chi connectivity index (χ4v) is 4.62. The minimum absolute atomic E-state index is 0.00782. The maximum atomic E-state index is 13.6. The molecule has 4 heterocycles. The van der Waals surface area contributed by atoms with Gasteiger partial charge in [-0.25, -0.2) is 4.79 Å². The van der Waals surface area contributed by atoms with E-state index in [1.54, 1.807) is 29.7 Å². The summed E-state index contributed by atoms with van der Waals surface area (Å²) in [6.07, 6.45) is 1.81. The molecule has 2 aliphatic heterocycles. The molecule has 182 valence electrons. The van der Waals surface area contributed by atoms with Gasteiger partial charge in [-0.15, -0.1) is 5.92 Å². The molecule has 11 heteroatoms. The first-order valence-electron chi connectivity index (χ1n) is 11.4. The molecule has 0 aliphatic carbocycles. The van der Waals surface area contributed by atoms with Crippen LogP contribution in [0.5, 0.6) is 11.5 Å². The van der Waals surface area contributed by atoms with Gasteiger partial charge in [-0.2, -0.15) is 4.98 Å². The third-order valence-electron chi connectivity index (χ3n) is 6.37. The highest BCUT2D eigenvalue weighted by Gasteiger charge is 2.28. The second-order valence-electron chi connectivity index (χ2n) is 8.64. The summed E-state index contributed by atoms with van der Waals surface area (Å²) < 4.78 is 14.7. The van der Waals surface area contributed by atoms with E-state index in [-0.39, 0.29) is 36.1 Å². The Bertz CT molecular complexity index is 1510. The largest absolute Gasteiger partial charge is 0.454 e. The van der Waals surface area contributed by atoms with Gasteiger partial charge in [-0.05, 0) is 31.9 Å². The standard InChI is InChI=1S/C24H26N6O5/c1-3-4-11-29-19-21(26-23(29)28-10-6-7-15(25)12-28)27(2)24(33)30(22(19)32)13-17(31)16-8-5-9-18-20(16)35-14-34-18/h5,8-9,15H,6-7,10-14,25H2,1-2H3/t15-/m0/s1. The highest BCUT2D eigenvalue weighted by Crippen LogP contribution is 2.35. The number of piperidine rings is 1. The quantitative estimate of drug-likeness (QED) is 0.414. The number of rotatable bonds is 5. The van der Waals surface area contributed by atoms with Gasteiger partial charge >= 0.3 is 5.69 Å². The molecule has 0 radical (unpaired) electrons. The second kappa shape index (κ2) is 8.96. The fraction of sp³-hybridized carbons (Fsp3) is 0.417. The van der Waals surface area contributed by atoms with Crippen LogP contribution in [0.2, 0.25) is 0 Å². The third kappa shape index (κ3) is 3.85. The van der Waals surface area contributed by atoms with Crippen LogP contribution in [-0.2, 0) is 20.1 Å². The maximum Gasteiger partial charge on any atom is 0.332 e. The Morgan fingerprint density at radius 1 is 1.26 bits per heavy atom. The van der Waals surface area contributed by atoms with Gasteiger partial charge in [0.2, 0.25) is 12.7 Å². The van der Waals surface area contributed by atoms with Crippen LogP contribution in [0.15, 0.2) is 27.8 Å². The molecule has 5 rings (SSSR count). The molecule has 2 N–H and O–H groups in total. The van der Waals surface area contributed by atoms with Crippen molar-refractivity contribution in [3.05, 3.63) is 44.6 Å². The van der Waals surface area contributed by atoms with Crippen LogP contribution in [0.3, 0.4) is 0 Å². The number of aromatic nitrogens is 4. The van der Waals surface area contributed by atoms with Gasteiger partial charge in [-0.1, -0.05) is 12.0 Å². The number of Topliss-reactive ketones (excluding diaryl/α,β-unsaturated/α-hetero) is 1. The number of aryl methyl sites for hydroxylation is 1. The summed E-state index contributed by atoms with van der Waals surface area (Å²) >= 11 is 0. The molecule has 1 fully saturated rings. The highest BCUT2D eigenvalue weighted by molar-refractivity contribution is 5.99. The molecule has 35 heavy (non-hydrogen) atoms. The van der Waals surface area contributed by atoms with E-state index in [0.29, 0.717) is 24.0 Å². The zero-order chi connectivity index (χ0) is 24.7. The molecule has 1 aromatic carbocycles. The number of anilines is 1. The Balaban J connectivity index is 1.64. The lowest BCUT2D eigenvalue weighted by atomic mass is 10.1. The number of ether oxygens (including phenoxy) is 2. The summed E-state index contributed by atoms with van der Waals surface area (Å²) in [5, 5.41) is 0. The van der Waals surface area contributed by atoms with E-state index in [0.717, 1.165) is 24.0 Å². The van der Waals surface area contributed by atoms with Crippen molar-refractivity contribution in [2.24, 2.45) is 12.8 Å². The molecular weight excluding hydrogens is 452 g/mol. The average Bonchev–Trinajstić information content (AvgIpc) is 3.49. The van der Waals surface area contributed by atoms with Gasteiger partial charge in [0, 0.05) is 26.2 Å². The van der Waals surface area contributed by atoms with E-state index < -0.39 is 23.6 Å². The van der Waals surface area contributed by atoms with E-state index in [9.17, 15) is 14.4 Å². The molecule has 0 spiro atoms. The number of hydrogen-bond acceptors (Lipinski definition) is 8. The number of nitrogens with two attached hydrogens (primary N) is 1. The topological polar surface area (TPSA) is 127 Å². The Morgan fingerprint density at radius 3 is 2.86 bits per heavy atom. The molecule has 3 aromatic rings. The van der Waals surface area contributed by atoms with E-state index in [1.807, 2.05) is 4.90 Å². The van der Waals surface area contributed by atoms with Crippen LogP contribution in [0, 0.1) is 11.8 Å². The molecule has 0 saturated carbocycles. The Labute approximate surface area is 200 Å². The van der Waals surface area contributed by atoms with E-state index >= 15 is 0 Å². The normalized spacial score (nSPS) is 16.9. The van der Waals surface area contributed by atoms with Gasteiger partial charge in [0.1, 0.15) is 0 Å². The minimum atomic E-state index is -0.631. The Hall–Kier alpha value is -4.04. The van der Waals surface area contributed by atoms with Crippen molar-refractivity contribution in [2.75, 3.05) is 24.8 Å². The fourth-order valence-electron chi connectivity index (χ4n) is 4.62. The van der Waals surface area contributed by atoms with Crippen molar-refractivity contribution in [1.29, 1.82) is 0 Å². The summed E-state index contributed by atoms with van der Waals surface area (Å²) in [5.74, 6) is 6.71. The van der Waals surface area contributed by atoms with E-state index in [2.05, 4.69) is 16.8 Å². The lowest BCUT2D eigenvalue weighted by molar-refractivity contribution is 0.0964. The first kappa shape index (κ1) is 22.7.